The molecule has 0 heterocycles. The number of amides is 2. The van der Waals surface area contributed by atoms with E-state index in [-0.39, 0.29) is 24.3 Å². The molecule has 2 atom stereocenters. The third kappa shape index (κ3) is 5.83. The number of carbonyl (C=O) groups is 2. The third-order valence-electron chi connectivity index (χ3n) is 5.54. The van der Waals surface area contributed by atoms with E-state index in [2.05, 4.69) is 10.6 Å². The summed E-state index contributed by atoms with van der Waals surface area (Å²) in [5.41, 5.74) is 2.37. The van der Waals surface area contributed by atoms with Crippen molar-refractivity contribution in [2.45, 2.75) is 31.8 Å². The Bertz CT molecular complexity index is 952. The average molecular weight is 431 g/mol. The van der Waals surface area contributed by atoms with E-state index in [0.717, 1.165) is 11.1 Å². The van der Waals surface area contributed by atoms with E-state index in [1.165, 1.54) is 0 Å². The van der Waals surface area contributed by atoms with Crippen LogP contribution in [0.4, 0.5) is 0 Å². The van der Waals surface area contributed by atoms with Crippen LogP contribution in [-0.4, -0.2) is 29.6 Å². The van der Waals surface area contributed by atoms with Crippen LogP contribution in [0.25, 0.3) is 0 Å². The first kappa shape index (κ1) is 23.2. The van der Waals surface area contributed by atoms with Gasteiger partial charge in [-0.2, -0.15) is 0 Å². The predicted molar refractivity (Wildman–Crippen MR) is 126 cm³/mol. The highest BCUT2D eigenvalue weighted by atomic mass is 16.3. The molecule has 5 heteroatoms. The summed E-state index contributed by atoms with van der Waals surface area (Å²) in [7, 11) is 0. The summed E-state index contributed by atoms with van der Waals surface area (Å²) in [5.74, 6) is -1.12. The van der Waals surface area contributed by atoms with Crippen molar-refractivity contribution in [3.8, 4) is 0 Å². The largest absolute Gasteiger partial charge is 0.394 e. The normalized spacial score (nSPS) is 12.9. The van der Waals surface area contributed by atoms with Crippen molar-refractivity contribution in [1.82, 2.24) is 10.6 Å². The molecule has 3 N–H and O–H groups in total. The summed E-state index contributed by atoms with van der Waals surface area (Å²) >= 11 is 0. The molecule has 0 fully saturated rings. The number of nitrogens with one attached hydrogen (secondary N) is 2. The average Bonchev–Trinajstić information content (AvgIpc) is 2.82. The van der Waals surface area contributed by atoms with Crippen molar-refractivity contribution in [2.75, 3.05) is 6.61 Å². The SMILES string of the molecule is CC(C)C(CO)NC(=O)C(NC(=O)C(c1ccccc1)c1ccccc1)c1ccccc1. The van der Waals surface area contributed by atoms with Gasteiger partial charge in [-0.25, -0.2) is 0 Å². The van der Waals surface area contributed by atoms with E-state index in [1.54, 1.807) is 0 Å². The van der Waals surface area contributed by atoms with Crippen LogP contribution >= 0.6 is 0 Å². The Hall–Kier alpha value is -3.44. The molecule has 32 heavy (non-hydrogen) atoms. The molecular formula is C27H30N2O3. The Morgan fingerprint density at radius 2 is 1.12 bits per heavy atom. The van der Waals surface area contributed by atoms with Crippen LogP contribution in [0.1, 0.15) is 42.5 Å². The third-order valence-corrected chi connectivity index (χ3v) is 5.54. The van der Waals surface area contributed by atoms with Crippen LogP contribution in [0.3, 0.4) is 0 Å². The first-order valence-electron chi connectivity index (χ1n) is 10.9. The summed E-state index contributed by atoms with van der Waals surface area (Å²) in [6, 6.07) is 26.9. The van der Waals surface area contributed by atoms with Crippen LogP contribution in [-0.2, 0) is 9.59 Å². The zero-order valence-electron chi connectivity index (χ0n) is 18.4. The number of aliphatic hydroxyl groups is 1. The van der Waals surface area contributed by atoms with Crippen LogP contribution in [0.5, 0.6) is 0 Å². The highest BCUT2D eigenvalue weighted by Gasteiger charge is 2.30. The maximum absolute atomic E-state index is 13.6. The van der Waals surface area contributed by atoms with Gasteiger partial charge < -0.3 is 15.7 Å². The maximum Gasteiger partial charge on any atom is 0.247 e. The van der Waals surface area contributed by atoms with Crippen molar-refractivity contribution in [1.29, 1.82) is 0 Å². The molecule has 2 amide bonds. The van der Waals surface area contributed by atoms with Gasteiger partial charge >= 0.3 is 0 Å². The quantitative estimate of drug-likeness (QED) is 0.483. The van der Waals surface area contributed by atoms with Crippen LogP contribution in [0.2, 0.25) is 0 Å². The van der Waals surface area contributed by atoms with E-state index in [0.29, 0.717) is 5.56 Å². The number of rotatable bonds is 9. The lowest BCUT2D eigenvalue weighted by Crippen LogP contribution is -2.48. The van der Waals surface area contributed by atoms with E-state index >= 15 is 0 Å². The van der Waals surface area contributed by atoms with Crippen LogP contribution in [0, 0.1) is 5.92 Å². The Morgan fingerprint density at radius 3 is 1.53 bits per heavy atom. The minimum Gasteiger partial charge on any atom is -0.394 e. The molecule has 3 aromatic rings. The van der Waals surface area contributed by atoms with E-state index in [1.807, 2.05) is 105 Å². The molecule has 0 spiro atoms. The molecule has 0 saturated heterocycles. The van der Waals surface area contributed by atoms with E-state index in [4.69, 9.17) is 0 Å². The highest BCUT2D eigenvalue weighted by Crippen LogP contribution is 2.26. The molecule has 2 unspecified atom stereocenters. The minimum atomic E-state index is -0.883. The topological polar surface area (TPSA) is 78.4 Å². The summed E-state index contributed by atoms with van der Waals surface area (Å²) in [6.07, 6.45) is 0. The second kappa shape index (κ2) is 11.3. The zero-order valence-corrected chi connectivity index (χ0v) is 18.4. The Morgan fingerprint density at radius 1 is 0.688 bits per heavy atom. The van der Waals surface area contributed by atoms with E-state index < -0.39 is 18.0 Å². The fourth-order valence-corrected chi connectivity index (χ4v) is 3.65. The van der Waals surface area contributed by atoms with E-state index in [9.17, 15) is 14.7 Å². The van der Waals surface area contributed by atoms with Gasteiger partial charge in [0.05, 0.1) is 18.6 Å². The van der Waals surface area contributed by atoms with Gasteiger partial charge in [-0.3, -0.25) is 9.59 Å². The number of benzene rings is 3. The van der Waals surface area contributed by atoms with Gasteiger partial charge in [0, 0.05) is 0 Å². The molecule has 3 rings (SSSR count). The standard InChI is InChI=1S/C27H30N2O3/c1-19(2)23(18-30)28-27(32)25(22-16-10-5-11-17-22)29-26(31)24(20-12-6-3-7-13-20)21-14-8-4-9-15-21/h3-17,19,23-25,30H,18H2,1-2H3,(H,28,32)(H,29,31). The predicted octanol–water partition coefficient (Wildman–Crippen LogP) is 3.81. The summed E-state index contributed by atoms with van der Waals surface area (Å²) in [4.78, 5) is 26.8. The van der Waals surface area contributed by atoms with Gasteiger partial charge in [0.2, 0.25) is 11.8 Å². The second-order valence-corrected chi connectivity index (χ2v) is 8.15. The molecule has 0 bridgehead atoms. The van der Waals surface area contributed by atoms with Gasteiger partial charge in [0.1, 0.15) is 6.04 Å². The highest BCUT2D eigenvalue weighted by molar-refractivity contribution is 5.93. The zero-order chi connectivity index (χ0) is 22.9. The molecule has 0 aliphatic rings. The van der Waals surface area contributed by atoms with Gasteiger partial charge in [0.25, 0.3) is 0 Å². The molecule has 0 aliphatic carbocycles. The van der Waals surface area contributed by atoms with Crippen molar-refractivity contribution < 1.29 is 14.7 Å². The Balaban J connectivity index is 1.93. The summed E-state index contributed by atoms with van der Waals surface area (Å²) in [6.45, 7) is 3.69. The lowest BCUT2D eigenvalue weighted by atomic mass is 9.90. The summed E-state index contributed by atoms with van der Waals surface area (Å²) < 4.78 is 0. The van der Waals surface area contributed by atoms with Gasteiger partial charge in [-0.15, -0.1) is 0 Å². The van der Waals surface area contributed by atoms with Gasteiger partial charge in [0.15, 0.2) is 0 Å². The fourth-order valence-electron chi connectivity index (χ4n) is 3.65. The van der Waals surface area contributed by atoms with Crippen molar-refractivity contribution in [2.24, 2.45) is 5.92 Å². The van der Waals surface area contributed by atoms with Gasteiger partial charge in [-0.05, 0) is 22.6 Å². The molecule has 0 saturated carbocycles. The maximum atomic E-state index is 13.6. The minimum absolute atomic E-state index is 0.0532. The molecule has 166 valence electrons. The van der Waals surface area contributed by atoms with Crippen molar-refractivity contribution >= 4 is 11.8 Å². The van der Waals surface area contributed by atoms with Crippen molar-refractivity contribution in [3.63, 3.8) is 0 Å². The lowest BCUT2D eigenvalue weighted by Gasteiger charge is -2.26. The monoisotopic (exact) mass is 430 g/mol. The lowest BCUT2D eigenvalue weighted by molar-refractivity contribution is -0.130. The van der Waals surface area contributed by atoms with Gasteiger partial charge in [-0.1, -0.05) is 105 Å². The fraction of sp³-hybridized carbons (Fsp3) is 0.259. The molecular weight excluding hydrogens is 400 g/mol. The summed E-state index contributed by atoms with van der Waals surface area (Å²) in [5, 5.41) is 15.5. The smallest absolute Gasteiger partial charge is 0.247 e. The molecule has 0 aromatic heterocycles. The first-order chi connectivity index (χ1) is 15.5. The Kier molecular flexibility index (Phi) is 8.17. The molecule has 3 aromatic carbocycles. The second-order valence-electron chi connectivity index (χ2n) is 8.15. The molecule has 0 aliphatic heterocycles. The number of aliphatic hydroxyl groups excluding tert-OH is 1. The van der Waals surface area contributed by atoms with Crippen LogP contribution in [0.15, 0.2) is 91.0 Å². The van der Waals surface area contributed by atoms with Crippen LogP contribution < -0.4 is 10.6 Å². The Labute approximate surface area is 189 Å². The number of hydrogen-bond acceptors (Lipinski definition) is 3. The number of carbonyl (C=O) groups excluding carboxylic acids is 2. The van der Waals surface area contributed by atoms with Crippen molar-refractivity contribution in [3.05, 3.63) is 108 Å². The molecule has 5 nitrogen and oxygen atoms in total. The molecule has 0 radical (unpaired) electrons. The number of hydrogen-bond donors (Lipinski definition) is 3. The first-order valence-corrected chi connectivity index (χ1v) is 10.9.